The molecule has 0 fully saturated rings. The van der Waals surface area contributed by atoms with E-state index in [0.29, 0.717) is 0 Å². The Labute approximate surface area is 439 Å². The maximum Gasteiger partial charge on any atom is 0.295 e. The smallest absolute Gasteiger partial charge is 0.295 e. The molecule has 0 aliphatic heterocycles. The number of sulfonamides is 4. The fourth-order valence-corrected chi connectivity index (χ4v) is 10.6. The molecule has 0 aliphatic rings. The number of nitrogens with zero attached hydrogens (tertiary/aromatic N) is 6. The summed E-state index contributed by atoms with van der Waals surface area (Å²) in [6.07, 6.45) is 0. The quantitative estimate of drug-likeness (QED) is 0.0666. The molecule has 0 spiro atoms. The third kappa shape index (κ3) is 14.1. The van der Waals surface area contributed by atoms with Crippen LogP contribution < -0.4 is 54.3 Å². The highest BCUT2D eigenvalue weighted by molar-refractivity contribution is 7.90. The van der Waals surface area contributed by atoms with Gasteiger partial charge < -0.3 is 0 Å². The van der Waals surface area contributed by atoms with Crippen LogP contribution in [0.5, 0.6) is 0 Å². The number of hydrogen-bond acceptors (Lipinski definition) is 18. The highest BCUT2D eigenvalue weighted by Crippen LogP contribution is 2.36. The zero-order valence-electron chi connectivity index (χ0n) is 38.9. The van der Waals surface area contributed by atoms with E-state index >= 15 is 0 Å². The normalized spacial score (nSPS) is 13.7. The van der Waals surface area contributed by atoms with Crippen molar-refractivity contribution in [1.82, 2.24) is 29.9 Å². The van der Waals surface area contributed by atoms with Crippen molar-refractivity contribution in [3.63, 3.8) is 0 Å². The second-order valence-electron chi connectivity index (χ2n) is 16.0. The van der Waals surface area contributed by atoms with Gasteiger partial charge in [-0.05, 0) is 97.1 Å². The summed E-state index contributed by atoms with van der Waals surface area (Å²) in [6, 6.07) is 26.7. The summed E-state index contributed by atoms with van der Waals surface area (Å²) in [5, 5.41) is 21.2. The molecule has 6 aromatic carbocycles. The second kappa shape index (κ2) is 21.2. The summed E-state index contributed by atoms with van der Waals surface area (Å²) in [5.74, 6) is 0. The van der Waals surface area contributed by atoms with Crippen LogP contribution in [0.15, 0.2) is 193 Å². The first-order valence-corrected chi connectivity index (χ1v) is 30.3. The lowest BCUT2D eigenvalue weighted by Crippen LogP contribution is -2.36. The molecule has 36 heteroatoms. The molecular weight excluding hydrogens is 1140 g/mol. The second-order valence-corrected chi connectivity index (χ2v) is 25.0. The summed E-state index contributed by atoms with van der Waals surface area (Å²) in [5.41, 5.74) is -2.52. The zero-order chi connectivity index (χ0) is 56.6. The van der Waals surface area contributed by atoms with E-state index in [0.717, 1.165) is 48.5 Å². The number of rotatable bonds is 13. The Hall–Kier alpha value is -8.40. The van der Waals surface area contributed by atoms with Gasteiger partial charge in [0.25, 0.3) is 20.2 Å². The maximum absolute atomic E-state index is 13.1. The number of aromatic amines is 6. The Bertz CT molecular complexity index is 4420. The summed E-state index contributed by atoms with van der Waals surface area (Å²) >= 11 is 0. The van der Waals surface area contributed by atoms with Crippen molar-refractivity contribution in [3.8, 4) is 11.1 Å². The number of aromatic nitrogens is 6. The van der Waals surface area contributed by atoms with Crippen molar-refractivity contribution in [2.75, 3.05) is 0 Å². The molecule has 406 valence electrons. The maximum atomic E-state index is 13.1. The summed E-state index contributed by atoms with van der Waals surface area (Å²) in [7, 11) is -27.3. The molecule has 0 amide bonds. The lowest BCUT2D eigenvalue weighted by molar-refractivity contribution is 0.480. The first kappa shape index (κ1) is 55.8. The number of H-pyrrole nitrogens is 6. The topological polar surface area (TPSA) is 518 Å². The van der Waals surface area contributed by atoms with Gasteiger partial charge in [0, 0.05) is 11.1 Å². The first-order valence-electron chi connectivity index (χ1n) is 21.2. The lowest BCUT2D eigenvalue weighted by Gasteiger charge is -2.12. The number of benzene rings is 6. The first-order chi connectivity index (χ1) is 36.3. The predicted octanol–water partition coefficient (Wildman–Crippen LogP) is -0.200. The Morgan fingerprint density at radius 3 is 0.692 bits per heavy atom. The van der Waals surface area contributed by atoms with E-state index in [1.165, 1.54) is 84.9 Å². The van der Waals surface area contributed by atoms with E-state index in [9.17, 15) is 59.6 Å². The molecule has 8 rings (SSSR count). The van der Waals surface area contributed by atoms with Crippen LogP contribution in [-0.4, -0.2) is 89.5 Å². The average molecular weight is 1180 g/mol. The van der Waals surface area contributed by atoms with E-state index < -0.39 is 81.2 Å². The van der Waals surface area contributed by atoms with Gasteiger partial charge in [-0.3, -0.25) is 39.0 Å². The van der Waals surface area contributed by atoms with Crippen molar-refractivity contribution in [1.29, 1.82) is 0 Å². The zero-order valence-corrected chi connectivity index (χ0v) is 43.8. The summed E-state index contributed by atoms with van der Waals surface area (Å²) < 4.78 is 170. The Morgan fingerprint density at radius 1 is 0.295 bits per heavy atom. The van der Waals surface area contributed by atoms with Crippen molar-refractivity contribution in [3.05, 3.63) is 167 Å². The number of hydrogen-bond donors (Lipinski definition) is 12. The van der Waals surface area contributed by atoms with Crippen molar-refractivity contribution >= 4 is 94.5 Å². The van der Waals surface area contributed by atoms with Gasteiger partial charge in [-0.1, -0.05) is 36.4 Å². The number of nitrogens with one attached hydrogen (secondary N) is 6. The summed E-state index contributed by atoms with van der Waals surface area (Å²) in [6.45, 7) is 0. The Kier molecular flexibility index (Phi) is 15.2. The van der Waals surface area contributed by atoms with Gasteiger partial charge in [-0.15, -0.1) is 0 Å². The Balaban J connectivity index is 1.28. The minimum atomic E-state index is -5.29. The van der Waals surface area contributed by atoms with Crippen molar-refractivity contribution in [2.45, 2.75) is 29.4 Å². The van der Waals surface area contributed by atoms with Crippen LogP contribution in [-0.2, 0) is 60.3 Å². The predicted molar refractivity (Wildman–Crippen MR) is 273 cm³/mol. The highest BCUT2D eigenvalue weighted by atomic mass is 32.2. The third-order valence-corrected chi connectivity index (χ3v) is 15.7. The van der Waals surface area contributed by atoms with Crippen LogP contribution in [0.2, 0.25) is 0 Å². The van der Waals surface area contributed by atoms with Gasteiger partial charge in [0.05, 0.1) is 53.7 Å². The summed E-state index contributed by atoms with van der Waals surface area (Å²) in [4.78, 5) is 39.7. The monoisotopic (exact) mass is 1180 g/mol. The van der Waals surface area contributed by atoms with Crippen LogP contribution in [0, 0.1) is 0 Å². The van der Waals surface area contributed by atoms with Crippen LogP contribution in [0.3, 0.4) is 0 Å². The molecule has 0 bridgehead atoms. The highest BCUT2D eigenvalue weighted by Gasteiger charge is 2.24. The molecule has 78 heavy (non-hydrogen) atoms. The van der Waals surface area contributed by atoms with Crippen LogP contribution in [0.1, 0.15) is 0 Å². The molecule has 16 N–H and O–H groups in total. The fraction of sp³-hybridized carbons (Fsp3) is 0. The van der Waals surface area contributed by atoms with Gasteiger partial charge in [-0.25, -0.2) is 84.2 Å². The molecule has 0 saturated heterocycles. The van der Waals surface area contributed by atoms with Gasteiger partial charge in [0.2, 0.25) is 73.8 Å². The molecule has 0 aliphatic carbocycles. The van der Waals surface area contributed by atoms with Crippen LogP contribution >= 0.6 is 0 Å². The average Bonchev–Trinajstić information content (AvgIpc) is 3.43. The van der Waals surface area contributed by atoms with E-state index in [2.05, 4.69) is 59.9 Å². The van der Waals surface area contributed by atoms with Gasteiger partial charge in [0.1, 0.15) is 9.79 Å². The van der Waals surface area contributed by atoms with E-state index in [-0.39, 0.29) is 87.4 Å². The van der Waals surface area contributed by atoms with Crippen molar-refractivity contribution in [2.24, 2.45) is 50.5 Å². The van der Waals surface area contributed by atoms with Gasteiger partial charge in [-0.2, -0.15) is 16.8 Å². The molecule has 2 heterocycles. The standard InChI is InChI=1S/C42H38N16O14S6/c43-73(59,60)29-9-1-5-23(17-29)47-37-53-38(48-24-6-2-10-30(18-24)74(44,61)62)56-41(55-37)51-27-13-15-33(35(21-27)77(67,68)69)34-16-14-28(22-36(34)78(70,71)72)52-42-57-39(49-25-7-3-11-31(19-25)75(45,63)64)54-40(58-42)50-26-8-4-12-32(20-26)76(46,65)66/h1-22H,(H2,43,59,60)(H2,44,61,62)(H2,45,63,64)(H2,46,65,66)(H,67,68,69)(H,70,71,72)(H3,47,48,51,53,55,56)(H3,49,50,52,54,57,58). The molecule has 0 unspecified atom stereocenters. The fourth-order valence-electron chi connectivity index (χ4n) is 6.92. The third-order valence-electron chi connectivity index (χ3n) is 10.2. The SMILES string of the molecule is NS(=O)(=O)c1cccc(N=c2[nH]c(=Nc3cccc(S(N)(=O)=O)c3)[nH]c(=Nc3ccc(-c4ccc(N=c5[nH]c(=Nc6cccc(S(N)(=O)=O)c6)[nH]c(=Nc6cccc(S(N)(=O)=O)c6)[nH]5)cc4S(=O)(=O)O)c(S(=O)(=O)O)c3)[nH]2)c1. The van der Waals surface area contributed by atoms with E-state index in [1.54, 1.807) is 0 Å². The molecule has 8 aromatic rings. The van der Waals surface area contributed by atoms with Gasteiger partial charge >= 0.3 is 0 Å². The number of nitrogens with two attached hydrogens (primary N) is 4. The molecule has 0 atom stereocenters. The number of primary sulfonamides is 4. The minimum Gasteiger partial charge on any atom is -0.296 e. The lowest BCUT2D eigenvalue weighted by atomic mass is 10.0. The van der Waals surface area contributed by atoms with Crippen molar-refractivity contribution < 1.29 is 59.6 Å². The van der Waals surface area contributed by atoms with Crippen LogP contribution in [0.4, 0.5) is 34.1 Å². The Morgan fingerprint density at radius 2 is 0.500 bits per heavy atom. The van der Waals surface area contributed by atoms with Crippen LogP contribution in [0.25, 0.3) is 11.1 Å². The molecule has 30 nitrogen and oxygen atoms in total. The molecular formula is C42H38N16O14S6. The van der Waals surface area contributed by atoms with E-state index in [4.69, 9.17) is 20.6 Å². The van der Waals surface area contributed by atoms with Gasteiger partial charge in [0.15, 0.2) is 0 Å². The van der Waals surface area contributed by atoms with E-state index in [1.807, 2.05) is 0 Å². The molecule has 2 aromatic heterocycles. The molecule has 0 radical (unpaired) electrons. The largest absolute Gasteiger partial charge is 0.296 e. The molecule has 0 saturated carbocycles. The minimum absolute atomic E-state index is 0.0378.